The summed E-state index contributed by atoms with van der Waals surface area (Å²) in [7, 11) is 3.38. The molecule has 1 amide bonds. The summed E-state index contributed by atoms with van der Waals surface area (Å²) in [5.74, 6) is 0.416. The lowest BCUT2D eigenvalue weighted by Crippen LogP contribution is -2.35. The Labute approximate surface area is 236 Å². The molecule has 1 aliphatic rings. The summed E-state index contributed by atoms with van der Waals surface area (Å²) in [6.07, 6.45) is 8.30. The third-order valence-electron chi connectivity index (χ3n) is 7.22. The minimum atomic E-state index is -3.10. The molecular formula is C32H42F2N2O4. The third kappa shape index (κ3) is 9.44. The average molecular weight is 557 g/mol. The van der Waals surface area contributed by atoms with Crippen LogP contribution in [0.15, 0.2) is 36.4 Å². The van der Waals surface area contributed by atoms with E-state index >= 15 is 0 Å². The average Bonchev–Trinajstić information content (AvgIpc) is 3.76. The Morgan fingerprint density at radius 3 is 2.50 bits per heavy atom. The maximum Gasteiger partial charge on any atom is 0.387 e. The first-order valence-electron chi connectivity index (χ1n) is 14.1. The zero-order valence-electron chi connectivity index (χ0n) is 23.9. The molecule has 1 unspecified atom stereocenters. The summed E-state index contributed by atoms with van der Waals surface area (Å²) in [4.78, 5) is 27.4. The van der Waals surface area contributed by atoms with Crippen molar-refractivity contribution < 1.29 is 27.8 Å². The van der Waals surface area contributed by atoms with Crippen molar-refractivity contribution in [2.24, 2.45) is 5.92 Å². The summed E-state index contributed by atoms with van der Waals surface area (Å²) in [5.41, 5.74) is 2.10. The number of hydrogen-bond donors (Lipinski definition) is 1. The largest absolute Gasteiger partial charge is 0.433 e. The SMILES string of the molecule is C=c1ccc(C(=O)NCCOC)c(OC(F)F)/c1=C/N(C)CC(CCC)CCCC(=O)c1ccc(C2CC2)cc1. The van der Waals surface area contributed by atoms with Crippen molar-refractivity contribution in [1.29, 1.82) is 0 Å². The van der Waals surface area contributed by atoms with Gasteiger partial charge in [-0.1, -0.05) is 50.3 Å². The number of nitrogens with one attached hydrogen (secondary N) is 1. The highest BCUT2D eigenvalue weighted by atomic mass is 19.3. The van der Waals surface area contributed by atoms with E-state index in [1.54, 1.807) is 12.3 Å². The number of ether oxygens (including phenoxy) is 2. The topological polar surface area (TPSA) is 67.9 Å². The third-order valence-corrected chi connectivity index (χ3v) is 7.22. The molecule has 2 aromatic rings. The van der Waals surface area contributed by atoms with Crippen LogP contribution in [0, 0.1) is 5.92 Å². The number of nitrogens with zero attached hydrogens (tertiary/aromatic N) is 1. The van der Waals surface area contributed by atoms with Crippen molar-refractivity contribution in [2.75, 3.05) is 33.9 Å². The fraction of sp³-hybridized carbons (Fsp3) is 0.500. The number of rotatable bonds is 17. The Morgan fingerprint density at radius 1 is 1.15 bits per heavy atom. The van der Waals surface area contributed by atoms with Crippen molar-refractivity contribution in [1.82, 2.24) is 10.2 Å². The van der Waals surface area contributed by atoms with E-state index in [4.69, 9.17) is 9.47 Å². The molecular weight excluding hydrogens is 514 g/mol. The van der Waals surface area contributed by atoms with Crippen LogP contribution in [0.4, 0.5) is 8.78 Å². The van der Waals surface area contributed by atoms with Gasteiger partial charge in [0.1, 0.15) is 5.75 Å². The van der Waals surface area contributed by atoms with E-state index < -0.39 is 12.5 Å². The molecule has 0 bridgehead atoms. The summed E-state index contributed by atoms with van der Waals surface area (Å²) < 4.78 is 36.5. The van der Waals surface area contributed by atoms with Crippen LogP contribution < -0.4 is 20.5 Å². The summed E-state index contributed by atoms with van der Waals surface area (Å²) in [6, 6.07) is 11.1. The van der Waals surface area contributed by atoms with Crippen molar-refractivity contribution >= 4 is 24.5 Å². The van der Waals surface area contributed by atoms with Crippen molar-refractivity contribution in [3.05, 3.63) is 63.5 Å². The predicted octanol–water partition coefficient (Wildman–Crippen LogP) is 5.09. The molecule has 0 spiro atoms. The fourth-order valence-corrected chi connectivity index (χ4v) is 5.01. The van der Waals surface area contributed by atoms with Gasteiger partial charge in [0.15, 0.2) is 5.78 Å². The standard InChI is InChI=1S/C32H42F2N2O4/c1-5-7-23(8-6-9-29(37)26-15-13-25(14-16-26)24-11-12-24)20-36(3)21-28-22(2)10-17-27(30(28)40-32(33)34)31(38)35-18-19-39-4/h10,13-17,21,23-24,32H,2,5-9,11-12,18-20H2,1,3-4H3,(H,35,38)/b28-21+. The van der Waals surface area contributed by atoms with Crippen LogP contribution in [0.2, 0.25) is 0 Å². The van der Waals surface area contributed by atoms with Crippen LogP contribution in [0.25, 0.3) is 12.8 Å². The maximum atomic E-state index is 13.4. The monoisotopic (exact) mass is 556 g/mol. The van der Waals surface area contributed by atoms with Gasteiger partial charge in [-0.25, -0.2) is 0 Å². The van der Waals surface area contributed by atoms with E-state index in [0.717, 1.165) is 31.2 Å². The van der Waals surface area contributed by atoms with E-state index in [1.165, 1.54) is 31.6 Å². The number of carbonyl (C=O) groups excluding carboxylic acids is 2. The molecule has 40 heavy (non-hydrogen) atoms. The van der Waals surface area contributed by atoms with Crippen LogP contribution in [0.5, 0.6) is 5.75 Å². The minimum absolute atomic E-state index is 0.0113. The van der Waals surface area contributed by atoms with Crippen LogP contribution in [0.1, 0.15) is 84.1 Å². The Bertz CT molecular complexity index is 1230. The van der Waals surface area contributed by atoms with Crippen LogP contribution >= 0.6 is 0 Å². The minimum Gasteiger partial charge on any atom is -0.433 e. The molecule has 0 aliphatic heterocycles. The summed E-state index contributed by atoms with van der Waals surface area (Å²) in [6.45, 7) is 4.20. The Kier molecular flexibility index (Phi) is 12.1. The van der Waals surface area contributed by atoms with Gasteiger partial charge in [-0.3, -0.25) is 9.59 Å². The number of amides is 1. The smallest absolute Gasteiger partial charge is 0.387 e. The number of benzene rings is 2. The van der Waals surface area contributed by atoms with E-state index in [-0.39, 0.29) is 23.6 Å². The lowest BCUT2D eigenvalue weighted by Gasteiger charge is -2.23. The molecule has 0 heterocycles. The van der Waals surface area contributed by atoms with E-state index in [2.05, 4.69) is 31.0 Å². The molecule has 1 saturated carbocycles. The number of Topliss-reactive ketones (excluding diaryl/α,β-unsaturated/α-hetero) is 1. The van der Waals surface area contributed by atoms with Crippen LogP contribution in [0.3, 0.4) is 0 Å². The van der Waals surface area contributed by atoms with Gasteiger partial charge >= 0.3 is 6.61 Å². The zero-order valence-corrected chi connectivity index (χ0v) is 23.9. The zero-order chi connectivity index (χ0) is 29.1. The Hall–Kier alpha value is -3.26. The van der Waals surface area contributed by atoms with Crippen molar-refractivity contribution in [2.45, 2.75) is 64.4 Å². The number of alkyl halides is 2. The van der Waals surface area contributed by atoms with Gasteiger partial charge in [-0.05, 0) is 60.8 Å². The van der Waals surface area contributed by atoms with Gasteiger partial charge in [0, 0.05) is 50.6 Å². The van der Waals surface area contributed by atoms with E-state index in [9.17, 15) is 18.4 Å². The molecule has 218 valence electrons. The van der Waals surface area contributed by atoms with Crippen LogP contribution in [-0.4, -0.2) is 57.1 Å². The molecule has 0 aromatic heterocycles. The highest BCUT2D eigenvalue weighted by molar-refractivity contribution is 5.97. The van der Waals surface area contributed by atoms with Gasteiger partial charge in [-0.15, -0.1) is 0 Å². The van der Waals surface area contributed by atoms with E-state index in [1.807, 2.05) is 24.1 Å². The highest BCUT2D eigenvalue weighted by Crippen LogP contribution is 2.39. The second kappa shape index (κ2) is 15.5. The second-order valence-corrected chi connectivity index (χ2v) is 10.6. The predicted molar refractivity (Wildman–Crippen MR) is 154 cm³/mol. The van der Waals surface area contributed by atoms with Crippen molar-refractivity contribution in [3.8, 4) is 5.75 Å². The first-order valence-corrected chi connectivity index (χ1v) is 14.1. The maximum absolute atomic E-state index is 13.4. The van der Waals surface area contributed by atoms with Gasteiger partial charge < -0.3 is 19.7 Å². The van der Waals surface area contributed by atoms with Gasteiger partial charge in [0.2, 0.25) is 0 Å². The molecule has 6 nitrogen and oxygen atoms in total. The van der Waals surface area contributed by atoms with Gasteiger partial charge in [0.25, 0.3) is 5.91 Å². The first-order chi connectivity index (χ1) is 19.2. The molecule has 3 rings (SSSR count). The second-order valence-electron chi connectivity index (χ2n) is 10.6. The molecule has 1 N–H and O–H groups in total. The summed E-state index contributed by atoms with van der Waals surface area (Å²) >= 11 is 0. The van der Waals surface area contributed by atoms with Gasteiger partial charge in [-0.2, -0.15) is 8.78 Å². The molecule has 0 saturated heterocycles. The Morgan fingerprint density at radius 2 is 1.88 bits per heavy atom. The summed E-state index contributed by atoms with van der Waals surface area (Å²) in [5, 5.41) is 3.46. The number of ketones is 1. The molecule has 1 fully saturated rings. The van der Waals surface area contributed by atoms with Crippen molar-refractivity contribution in [3.63, 3.8) is 0 Å². The quantitative estimate of drug-likeness (QED) is 0.217. The van der Waals surface area contributed by atoms with Crippen LogP contribution in [-0.2, 0) is 4.74 Å². The number of halogens is 2. The first kappa shape index (κ1) is 31.3. The number of methoxy groups -OCH3 is 1. The molecule has 1 atom stereocenters. The normalized spacial score (nSPS) is 14.3. The van der Waals surface area contributed by atoms with Gasteiger partial charge in [0.05, 0.1) is 12.2 Å². The Balaban J connectivity index is 1.68. The highest BCUT2D eigenvalue weighted by Gasteiger charge is 2.23. The van der Waals surface area contributed by atoms with E-state index in [0.29, 0.717) is 41.8 Å². The fourth-order valence-electron chi connectivity index (χ4n) is 5.01. The number of carbonyl (C=O) groups is 2. The lowest BCUT2D eigenvalue weighted by atomic mass is 9.94. The molecule has 2 aromatic carbocycles. The number of hydrogen-bond acceptors (Lipinski definition) is 5. The molecule has 0 radical (unpaired) electrons. The lowest BCUT2D eigenvalue weighted by molar-refractivity contribution is -0.0509. The molecule has 1 aliphatic carbocycles. The molecule has 8 heteroatoms.